The summed E-state index contributed by atoms with van der Waals surface area (Å²) >= 11 is 0. The van der Waals surface area contributed by atoms with E-state index in [1.807, 2.05) is 18.2 Å². The van der Waals surface area contributed by atoms with Gasteiger partial charge in [-0.1, -0.05) is 69.6 Å². The van der Waals surface area contributed by atoms with Gasteiger partial charge in [-0.25, -0.2) is 4.79 Å². The largest absolute Gasteiger partial charge is 0.462 e. The van der Waals surface area contributed by atoms with Gasteiger partial charge in [0, 0.05) is 6.61 Å². The molecule has 0 unspecified atom stereocenters. The molecule has 0 aliphatic heterocycles. The summed E-state index contributed by atoms with van der Waals surface area (Å²) in [7, 11) is 0. The van der Waals surface area contributed by atoms with Crippen molar-refractivity contribution in [1.82, 2.24) is 0 Å². The maximum absolute atomic E-state index is 11.7. The summed E-state index contributed by atoms with van der Waals surface area (Å²) < 4.78 is 5.25. The molecule has 0 saturated heterocycles. The van der Waals surface area contributed by atoms with Gasteiger partial charge < -0.3 is 9.84 Å². The molecule has 1 aromatic rings. The number of aliphatic hydroxyl groups is 1. The second-order valence-electron chi connectivity index (χ2n) is 5.76. The van der Waals surface area contributed by atoms with Crippen molar-refractivity contribution in [2.45, 2.75) is 64.2 Å². The molecule has 0 spiro atoms. The lowest BCUT2D eigenvalue weighted by Gasteiger charge is -2.05. The van der Waals surface area contributed by atoms with Crippen molar-refractivity contribution >= 4 is 5.97 Å². The van der Waals surface area contributed by atoms with Gasteiger partial charge in [0.15, 0.2) is 0 Å². The molecular weight excluding hydrogens is 276 g/mol. The summed E-state index contributed by atoms with van der Waals surface area (Å²) in [4.78, 5) is 11.7. The summed E-state index contributed by atoms with van der Waals surface area (Å²) in [5, 5.41) is 8.68. The molecule has 0 fully saturated rings. The SMILES string of the molecule is O=C(OCCCCCCCCCCCCO)c1ccccc1. The Bertz CT molecular complexity index is 376. The molecule has 1 N–H and O–H groups in total. The molecule has 0 heterocycles. The van der Waals surface area contributed by atoms with Crippen molar-refractivity contribution < 1.29 is 14.6 Å². The normalized spacial score (nSPS) is 10.6. The zero-order valence-electron chi connectivity index (χ0n) is 13.6. The Balaban J connectivity index is 1.85. The van der Waals surface area contributed by atoms with Crippen molar-refractivity contribution in [2.24, 2.45) is 0 Å². The summed E-state index contributed by atoms with van der Waals surface area (Å²) in [5.74, 6) is -0.219. The van der Waals surface area contributed by atoms with E-state index in [-0.39, 0.29) is 5.97 Å². The zero-order valence-corrected chi connectivity index (χ0v) is 13.6. The van der Waals surface area contributed by atoms with E-state index in [0.717, 1.165) is 25.7 Å². The van der Waals surface area contributed by atoms with Crippen molar-refractivity contribution in [3.8, 4) is 0 Å². The van der Waals surface area contributed by atoms with Crippen LogP contribution in [0.3, 0.4) is 0 Å². The van der Waals surface area contributed by atoms with Crippen LogP contribution in [0.1, 0.15) is 74.6 Å². The van der Waals surface area contributed by atoms with Crippen LogP contribution >= 0.6 is 0 Å². The molecule has 0 saturated carbocycles. The summed E-state index contributed by atoms with van der Waals surface area (Å²) in [6.45, 7) is 0.851. The van der Waals surface area contributed by atoms with Crippen LogP contribution in [0.5, 0.6) is 0 Å². The summed E-state index contributed by atoms with van der Waals surface area (Å²) in [6.07, 6.45) is 11.8. The third kappa shape index (κ3) is 9.56. The molecule has 0 bridgehead atoms. The Hall–Kier alpha value is -1.35. The third-order valence-corrected chi connectivity index (χ3v) is 3.80. The Labute approximate surface area is 134 Å². The van der Waals surface area contributed by atoms with E-state index in [4.69, 9.17) is 9.84 Å². The molecule has 124 valence electrons. The van der Waals surface area contributed by atoms with Gasteiger partial charge in [0.05, 0.1) is 12.2 Å². The number of ether oxygens (including phenoxy) is 1. The Morgan fingerprint density at radius 3 is 1.82 bits per heavy atom. The van der Waals surface area contributed by atoms with Crippen LogP contribution in [0.2, 0.25) is 0 Å². The molecule has 0 aromatic heterocycles. The highest BCUT2D eigenvalue weighted by Gasteiger charge is 2.04. The van der Waals surface area contributed by atoms with Crippen LogP contribution in [-0.2, 0) is 4.74 Å². The fraction of sp³-hybridized carbons (Fsp3) is 0.632. The first kappa shape index (κ1) is 18.7. The van der Waals surface area contributed by atoms with Crippen LogP contribution in [0.4, 0.5) is 0 Å². The van der Waals surface area contributed by atoms with Gasteiger partial charge in [-0.15, -0.1) is 0 Å². The number of esters is 1. The van der Waals surface area contributed by atoms with E-state index >= 15 is 0 Å². The molecule has 1 rings (SSSR count). The van der Waals surface area contributed by atoms with Gasteiger partial charge in [-0.3, -0.25) is 0 Å². The highest BCUT2D eigenvalue weighted by molar-refractivity contribution is 5.89. The lowest BCUT2D eigenvalue weighted by atomic mass is 10.1. The minimum atomic E-state index is -0.219. The topological polar surface area (TPSA) is 46.5 Å². The Morgan fingerprint density at radius 2 is 1.27 bits per heavy atom. The monoisotopic (exact) mass is 306 g/mol. The lowest BCUT2D eigenvalue weighted by Crippen LogP contribution is -2.06. The van der Waals surface area contributed by atoms with Crippen LogP contribution in [0, 0.1) is 0 Å². The Kier molecular flexibility index (Phi) is 11.3. The average molecular weight is 306 g/mol. The van der Waals surface area contributed by atoms with Crippen molar-refractivity contribution in [2.75, 3.05) is 13.2 Å². The third-order valence-electron chi connectivity index (χ3n) is 3.80. The zero-order chi connectivity index (χ0) is 15.9. The minimum Gasteiger partial charge on any atom is -0.462 e. The minimum absolute atomic E-state index is 0.219. The highest BCUT2D eigenvalue weighted by Crippen LogP contribution is 2.11. The molecule has 1 aromatic carbocycles. The van der Waals surface area contributed by atoms with E-state index in [0.29, 0.717) is 18.8 Å². The highest BCUT2D eigenvalue weighted by atomic mass is 16.5. The molecule has 22 heavy (non-hydrogen) atoms. The number of hydrogen-bond donors (Lipinski definition) is 1. The maximum Gasteiger partial charge on any atom is 0.338 e. The van der Waals surface area contributed by atoms with Crippen LogP contribution in [0.25, 0.3) is 0 Å². The average Bonchev–Trinajstić information content (AvgIpc) is 2.56. The van der Waals surface area contributed by atoms with E-state index in [9.17, 15) is 4.79 Å². The van der Waals surface area contributed by atoms with Gasteiger partial charge in [-0.05, 0) is 25.0 Å². The molecular formula is C19H30O3. The number of aliphatic hydroxyl groups excluding tert-OH is 1. The van der Waals surface area contributed by atoms with Crippen LogP contribution < -0.4 is 0 Å². The number of benzene rings is 1. The van der Waals surface area contributed by atoms with Gasteiger partial charge in [0.25, 0.3) is 0 Å². The van der Waals surface area contributed by atoms with E-state index < -0.39 is 0 Å². The summed E-state index contributed by atoms with van der Waals surface area (Å²) in [5.41, 5.74) is 0.628. The first-order valence-electron chi connectivity index (χ1n) is 8.67. The first-order valence-corrected chi connectivity index (χ1v) is 8.67. The Morgan fingerprint density at radius 1 is 0.773 bits per heavy atom. The first-order chi connectivity index (χ1) is 10.8. The smallest absolute Gasteiger partial charge is 0.338 e. The van der Waals surface area contributed by atoms with Crippen molar-refractivity contribution in [3.05, 3.63) is 35.9 Å². The summed E-state index contributed by atoms with van der Waals surface area (Å²) in [6, 6.07) is 9.15. The van der Waals surface area contributed by atoms with E-state index in [1.54, 1.807) is 12.1 Å². The molecule has 0 aliphatic carbocycles. The predicted molar refractivity (Wildman–Crippen MR) is 90.0 cm³/mol. The number of rotatable bonds is 13. The van der Waals surface area contributed by atoms with Crippen LogP contribution in [-0.4, -0.2) is 24.3 Å². The number of hydrogen-bond acceptors (Lipinski definition) is 3. The van der Waals surface area contributed by atoms with E-state index in [1.165, 1.54) is 38.5 Å². The van der Waals surface area contributed by atoms with Gasteiger partial charge in [0.1, 0.15) is 0 Å². The number of carbonyl (C=O) groups excluding carboxylic acids is 1. The standard InChI is InChI=1S/C19H30O3/c20-16-12-7-5-3-1-2-4-6-8-13-17-22-19(21)18-14-10-9-11-15-18/h9-11,14-15,20H,1-8,12-13,16-17H2. The fourth-order valence-corrected chi connectivity index (χ4v) is 2.45. The molecule has 0 amide bonds. The lowest BCUT2D eigenvalue weighted by molar-refractivity contribution is 0.0497. The molecule has 0 atom stereocenters. The predicted octanol–water partition coefficient (Wildman–Crippen LogP) is 4.74. The van der Waals surface area contributed by atoms with Crippen LogP contribution in [0.15, 0.2) is 30.3 Å². The molecule has 3 heteroatoms. The van der Waals surface area contributed by atoms with Crippen molar-refractivity contribution in [1.29, 1.82) is 0 Å². The molecule has 3 nitrogen and oxygen atoms in total. The number of carbonyl (C=O) groups is 1. The fourth-order valence-electron chi connectivity index (χ4n) is 2.45. The van der Waals surface area contributed by atoms with Crippen molar-refractivity contribution in [3.63, 3.8) is 0 Å². The number of unbranched alkanes of at least 4 members (excludes halogenated alkanes) is 9. The maximum atomic E-state index is 11.7. The molecule has 0 aliphatic rings. The second-order valence-corrected chi connectivity index (χ2v) is 5.76. The van der Waals surface area contributed by atoms with Gasteiger partial charge >= 0.3 is 5.97 Å². The van der Waals surface area contributed by atoms with Gasteiger partial charge in [0.2, 0.25) is 0 Å². The second kappa shape index (κ2) is 13.3. The molecule has 0 radical (unpaired) electrons. The van der Waals surface area contributed by atoms with E-state index in [2.05, 4.69) is 0 Å². The van der Waals surface area contributed by atoms with Gasteiger partial charge in [-0.2, -0.15) is 0 Å². The quantitative estimate of drug-likeness (QED) is 0.423.